The van der Waals surface area contributed by atoms with Crippen LogP contribution >= 0.6 is 0 Å². The summed E-state index contributed by atoms with van der Waals surface area (Å²) in [5.74, 6) is -2.57. The van der Waals surface area contributed by atoms with Gasteiger partial charge in [0.05, 0.1) is 18.6 Å². The van der Waals surface area contributed by atoms with E-state index >= 15 is 0 Å². The van der Waals surface area contributed by atoms with Crippen LogP contribution in [0.5, 0.6) is 0 Å². The van der Waals surface area contributed by atoms with Gasteiger partial charge in [-0.05, 0) is 18.1 Å². The number of nitrogens with one attached hydrogen (secondary N) is 1. The number of benzene rings is 2. The van der Waals surface area contributed by atoms with Crippen molar-refractivity contribution in [3.05, 3.63) is 83.9 Å². The summed E-state index contributed by atoms with van der Waals surface area (Å²) in [7, 11) is 0. The van der Waals surface area contributed by atoms with E-state index in [1.165, 1.54) is 0 Å². The zero-order chi connectivity index (χ0) is 23.0. The Morgan fingerprint density at radius 2 is 1.73 bits per heavy atom. The summed E-state index contributed by atoms with van der Waals surface area (Å²) in [5.41, 5.74) is 0.666. The molecule has 7 heteroatoms. The highest BCUT2D eigenvalue weighted by Gasteiger charge is 2.73. The van der Waals surface area contributed by atoms with Crippen molar-refractivity contribution in [2.24, 2.45) is 11.8 Å². The first-order chi connectivity index (χ1) is 16.0. The van der Waals surface area contributed by atoms with E-state index in [4.69, 9.17) is 9.47 Å². The maximum Gasteiger partial charge on any atom is 0.312 e. The van der Waals surface area contributed by atoms with Gasteiger partial charge in [-0.25, -0.2) is 0 Å². The van der Waals surface area contributed by atoms with E-state index < -0.39 is 35.6 Å². The fraction of sp³-hybridized carbons (Fsp3) is 0.346. The van der Waals surface area contributed by atoms with Crippen LogP contribution in [0.25, 0.3) is 0 Å². The minimum atomic E-state index is -1.19. The number of amides is 2. The molecule has 0 saturated carbocycles. The normalized spacial score (nSPS) is 29.2. The highest BCUT2D eigenvalue weighted by atomic mass is 16.6. The molecule has 0 radical (unpaired) electrons. The SMILES string of the molecule is CCOC(=O)[C@@H]1[C@H]2C(=O)N(Cc3ccccc3)C(C(=O)NCc3ccccc3)[C@]23C=C[C@H]1O3. The maximum absolute atomic E-state index is 13.7. The molecule has 3 aliphatic rings. The Bertz CT molecular complexity index is 1090. The fourth-order valence-corrected chi connectivity index (χ4v) is 5.31. The zero-order valence-corrected chi connectivity index (χ0v) is 18.3. The minimum absolute atomic E-state index is 0.217. The van der Waals surface area contributed by atoms with Crippen molar-refractivity contribution >= 4 is 17.8 Å². The Balaban J connectivity index is 1.48. The third kappa shape index (κ3) is 3.53. The zero-order valence-electron chi connectivity index (χ0n) is 18.3. The van der Waals surface area contributed by atoms with Crippen LogP contribution in [-0.2, 0) is 36.9 Å². The molecule has 7 nitrogen and oxygen atoms in total. The van der Waals surface area contributed by atoms with Crippen LogP contribution in [0.15, 0.2) is 72.8 Å². The first kappa shape index (κ1) is 21.4. The van der Waals surface area contributed by atoms with Crippen LogP contribution in [0.3, 0.4) is 0 Å². The summed E-state index contributed by atoms with van der Waals surface area (Å²) in [5, 5.41) is 2.97. The highest BCUT2D eigenvalue weighted by molar-refractivity contribution is 5.99. The van der Waals surface area contributed by atoms with E-state index in [9.17, 15) is 14.4 Å². The lowest BCUT2D eigenvalue weighted by molar-refractivity contribution is -0.153. The van der Waals surface area contributed by atoms with Crippen LogP contribution in [0.2, 0.25) is 0 Å². The molecule has 170 valence electrons. The van der Waals surface area contributed by atoms with E-state index in [1.807, 2.05) is 60.7 Å². The van der Waals surface area contributed by atoms with Crippen LogP contribution < -0.4 is 5.32 Å². The molecule has 3 aliphatic heterocycles. The molecule has 2 bridgehead atoms. The first-order valence-electron chi connectivity index (χ1n) is 11.2. The second-order valence-electron chi connectivity index (χ2n) is 8.61. The van der Waals surface area contributed by atoms with Crippen LogP contribution in [0, 0.1) is 11.8 Å². The summed E-state index contributed by atoms with van der Waals surface area (Å²) in [4.78, 5) is 41.6. The molecule has 5 atom stereocenters. The summed E-state index contributed by atoms with van der Waals surface area (Å²) in [6, 6.07) is 18.2. The van der Waals surface area contributed by atoms with Gasteiger partial charge in [0.25, 0.3) is 0 Å². The number of hydrogen-bond donors (Lipinski definition) is 1. The Labute approximate surface area is 192 Å². The van der Waals surface area contributed by atoms with Gasteiger partial charge in [-0.15, -0.1) is 0 Å². The molecule has 2 fully saturated rings. The lowest BCUT2D eigenvalue weighted by Crippen LogP contribution is -2.54. The monoisotopic (exact) mass is 446 g/mol. The average molecular weight is 447 g/mol. The van der Waals surface area contributed by atoms with Gasteiger partial charge in [0.2, 0.25) is 11.8 Å². The van der Waals surface area contributed by atoms with Gasteiger partial charge < -0.3 is 19.7 Å². The second kappa shape index (κ2) is 8.48. The number of carbonyl (C=O) groups is 3. The van der Waals surface area contributed by atoms with Crippen LogP contribution in [0.1, 0.15) is 18.1 Å². The van der Waals surface area contributed by atoms with E-state index in [2.05, 4.69) is 5.32 Å². The van der Waals surface area contributed by atoms with E-state index in [1.54, 1.807) is 24.0 Å². The molecule has 3 heterocycles. The van der Waals surface area contributed by atoms with Gasteiger partial charge in [0.15, 0.2) is 0 Å². The van der Waals surface area contributed by atoms with Crippen molar-refractivity contribution in [2.75, 3.05) is 6.61 Å². The number of carbonyl (C=O) groups excluding carboxylic acids is 3. The highest BCUT2D eigenvalue weighted by Crippen LogP contribution is 2.55. The number of nitrogens with zero attached hydrogens (tertiary/aromatic N) is 1. The minimum Gasteiger partial charge on any atom is -0.466 e. The molecular weight excluding hydrogens is 420 g/mol. The van der Waals surface area contributed by atoms with Gasteiger partial charge in [-0.2, -0.15) is 0 Å². The first-order valence-corrected chi connectivity index (χ1v) is 11.2. The van der Waals surface area contributed by atoms with Crippen molar-refractivity contribution in [1.29, 1.82) is 0 Å². The number of rotatable bonds is 7. The smallest absolute Gasteiger partial charge is 0.312 e. The van der Waals surface area contributed by atoms with Gasteiger partial charge in [-0.3, -0.25) is 14.4 Å². The van der Waals surface area contributed by atoms with Gasteiger partial charge in [-0.1, -0.05) is 72.8 Å². The molecule has 1 spiro atoms. The summed E-state index contributed by atoms with van der Waals surface area (Å²) in [6.45, 7) is 2.53. The van der Waals surface area contributed by atoms with Crippen LogP contribution in [-0.4, -0.2) is 47.0 Å². The Hall–Kier alpha value is -3.45. The summed E-state index contributed by atoms with van der Waals surface area (Å²) in [6.07, 6.45) is 3.02. The topological polar surface area (TPSA) is 84.9 Å². The lowest BCUT2D eigenvalue weighted by Gasteiger charge is -2.32. The predicted molar refractivity (Wildman–Crippen MR) is 119 cm³/mol. The Kier molecular flexibility index (Phi) is 5.50. The Morgan fingerprint density at radius 1 is 1.06 bits per heavy atom. The number of fused-ring (bicyclic) bond motifs is 1. The van der Waals surface area contributed by atoms with Gasteiger partial charge >= 0.3 is 5.97 Å². The molecule has 0 aromatic heterocycles. The van der Waals surface area contributed by atoms with Crippen molar-refractivity contribution in [3.63, 3.8) is 0 Å². The molecule has 0 aliphatic carbocycles. The second-order valence-corrected chi connectivity index (χ2v) is 8.61. The maximum atomic E-state index is 13.7. The molecule has 1 N–H and O–H groups in total. The van der Waals surface area contributed by atoms with Gasteiger partial charge in [0.1, 0.15) is 17.6 Å². The van der Waals surface area contributed by atoms with Crippen molar-refractivity contribution in [1.82, 2.24) is 10.2 Å². The molecule has 2 saturated heterocycles. The number of ether oxygens (including phenoxy) is 2. The van der Waals surface area contributed by atoms with Crippen LogP contribution in [0.4, 0.5) is 0 Å². The molecule has 5 rings (SSSR count). The van der Waals surface area contributed by atoms with Crippen molar-refractivity contribution in [3.8, 4) is 0 Å². The Morgan fingerprint density at radius 3 is 2.39 bits per heavy atom. The average Bonchev–Trinajstić information content (AvgIpc) is 3.47. The summed E-state index contributed by atoms with van der Waals surface area (Å²) >= 11 is 0. The van der Waals surface area contributed by atoms with E-state index in [0.29, 0.717) is 6.54 Å². The molecule has 33 heavy (non-hydrogen) atoms. The molecule has 2 aromatic rings. The third-order valence-electron chi connectivity index (χ3n) is 6.69. The number of esters is 1. The molecular formula is C26H26N2O5. The summed E-state index contributed by atoms with van der Waals surface area (Å²) < 4.78 is 11.5. The van der Waals surface area contributed by atoms with Crippen molar-refractivity contribution in [2.45, 2.75) is 37.8 Å². The van der Waals surface area contributed by atoms with Crippen molar-refractivity contribution < 1.29 is 23.9 Å². The lowest BCUT2D eigenvalue weighted by atomic mass is 9.74. The quantitative estimate of drug-likeness (QED) is 0.521. The van der Waals surface area contributed by atoms with Gasteiger partial charge in [0, 0.05) is 13.1 Å². The fourth-order valence-electron chi connectivity index (χ4n) is 5.31. The largest absolute Gasteiger partial charge is 0.466 e. The predicted octanol–water partition coefficient (Wildman–Crippen LogP) is 2.22. The molecule has 1 unspecified atom stereocenters. The standard InChI is InChI=1S/C26H26N2O5/c1-2-32-25(31)20-19-13-14-26(33-19)21(20)24(30)28(16-18-11-7-4-8-12-18)22(26)23(29)27-15-17-9-5-3-6-10-17/h3-14,19-22H,2,15-16H2,1H3,(H,27,29)/t19-,20+,21+,22?,26+/m1/s1. The molecule has 2 aromatic carbocycles. The van der Waals surface area contributed by atoms with E-state index in [-0.39, 0.29) is 25.0 Å². The third-order valence-corrected chi connectivity index (χ3v) is 6.69. The van der Waals surface area contributed by atoms with E-state index in [0.717, 1.165) is 11.1 Å². The molecule has 2 amide bonds. The number of hydrogen-bond acceptors (Lipinski definition) is 5. The number of likely N-dealkylation sites (tertiary alicyclic amines) is 1.